The van der Waals surface area contributed by atoms with E-state index in [1.54, 1.807) is 12.1 Å². The normalized spacial score (nSPS) is 13.3. The van der Waals surface area contributed by atoms with Gasteiger partial charge in [-0.25, -0.2) is 8.42 Å². The highest BCUT2D eigenvalue weighted by molar-refractivity contribution is 9.10. The molecule has 0 aliphatic carbocycles. The van der Waals surface area contributed by atoms with Gasteiger partial charge in [0.25, 0.3) is 0 Å². The minimum absolute atomic E-state index is 0.143. The average molecular weight is 419 g/mol. The second-order valence-corrected chi connectivity index (χ2v) is 9.25. The van der Waals surface area contributed by atoms with E-state index < -0.39 is 16.1 Å². The van der Waals surface area contributed by atoms with Crippen LogP contribution < -0.4 is 10.0 Å². The number of amides is 1. The maximum atomic E-state index is 12.5. The Labute approximate surface area is 153 Å². The predicted octanol–water partition coefficient (Wildman–Crippen LogP) is 3.30. The number of nitrogens with one attached hydrogen (secondary N) is 2. The molecule has 0 unspecified atom stereocenters. The monoisotopic (exact) mass is 418 g/mol. The van der Waals surface area contributed by atoms with Gasteiger partial charge in [-0.2, -0.15) is 4.72 Å². The number of hydrogen-bond acceptors (Lipinski definition) is 3. The number of carbonyl (C=O) groups excluding carboxylic acids is 1. The summed E-state index contributed by atoms with van der Waals surface area (Å²) in [6.45, 7) is 8.46. The van der Waals surface area contributed by atoms with Crippen LogP contribution in [0, 0.1) is 11.8 Å². The molecule has 0 saturated carbocycles. The molecule has 0 saturated heterocycles. The highest BCUT2D eigenvalue weighted by Gasteiger charge is 2.28. The van der Waals surface area contributed by atoms with Gasteiger partial charge in [0.15, 0.2) is 0 Å². The van der Waals surface area contributed by atoms with E-state index in [1.165, 1.54) is 12.1 Å². The third-order valence-electron chi connectivity index (χ3n) is 3.61. The molecule has 0 bridgehead atoms. The molecule has 136 valence electrons. The Morgan fingerprint density at radius 1 is 1.12 bits per heavy atom. The molecule has 0 aliphatic rings. The van der Waals surface area contributed by atoms with E-state index in [-0.39, 0.29) is 16.7 Å². The van der Waals surface area contributed by atoms with E-state index >= 15 is 0 Å². The third-order valence-corrected chi connectivity index (χ3v) is 5.60. The van der Waals surface area contributed by atoms with Crippen molar-refractivity contribution < 1.29 is 13.2 Å². The van der Waals surface area contributed by atoms with E-state index in [9.17, 15) is 13.2 Å². The smallest absolute Gasteiger partial charge is 0.241 e. The van der Waals surface area contributed by atoms with E-state index in [0.29, 0.717) is 12.5 Å². The van der Waals surface area contributed by atoms with Crippen LogP contribution in [0.2, 0.25) is 0 Å². The molecule has 0 heterocycles. The summed E-state index contributed by atoms with van der Waals surface area (Å²) in [5, 5.41) is 2.83. The lowest BCUT2D eigenvalue weighted by Crippen LogP contribution is -2.49. The van der Waals surface area contributed by atoms with Crippen LogP contribution in [0.25, 0.3) is 0 Å². The van der Waals surface area contributed by atoms with Crippen LogP contribution in [-0.2, 0) is 14.8 Å². The van der Waals surface area contributed by atoms with Gasteiger partial charge < -0.3 is 5.32 Å². The molecule has 2 N–H and O–H groups in total. The zero-order valence-corrected chi connectivity index (χ0v) is 17.1. The zero-order chi connectivity index (χ0) is 18.3. The van der Waals surface area contributed by atoms with Crippen molar-refractivity contribution in [2.24, 2.45) is 11.8 Å². The van der Waals surface area contributed by atoms with Gasteiger partial charge in [0.1, 0.15) is 6.04 Å². The van der Waals surface area contributed by atoms with Crippen molar-refractivity contribution in [3.8, 4) is 0 Å². The lowest BCUT2D eigenvalue weighted by atomic mass is 10.0. The summed E-state index contributed by atoms with van der Waals surface area (Å²) in [5.74, 6) is 0.147. The molecule has 7 heteroatoms. The van der Waals surface area contributed by atoms with Gasteiger partial charge in [0.2, 0.25) is 15.9 Å². The Hall–Kier alpha value is -0.920. The Bertz CT molecular complexity index is 628. The SMILES string of the molecule is CC(C)CCCNC(=O)[C@@H](NS(=O)(=O)c1ccc(Br)cc1)C(C)C. The maximum Gasteiger partial charge on any atom is 0.241 e. The van der Waals surface area contributed by atoms with Gasteiger partial charge >= 0.3 is 0 Å². The molecule has 1 aromatic rings. The van der Waals surface area contributed by atoms with Gasteiger partial charge in [0.05, 0.1) is 4.90 Å². The summed E-state index contributed by atoms with van der Waals surface area (Å²) in [7, 11) is -3.74. The van der Waals surface area contributed by atoms with Gasteiger partial charge in [-0.05, 0) is 48.9 Å². The summed E-state index contributed by atoms with van der Waals surface area (Å²) in [5.41, 5.74) is 0. The minimum Gasteiger partial charge on any atom is -0.355 e. The van der Waals surface area contributed by atoms with Crippen LogP contribution in [0.3, 0.4) is 0 Å². The minimum atomic E-state index is -3.74. The molecule has 0 aliphatic heterocycles. The summed E-state index contributed by atoms with van der Waals surface area (Å²) < 4.78 is 28.3. The van der Waals surface area contributed by atoms with Crippen LogP contribution in [0.5, 0.6) is 0 Å². The first kappa shape index (κ1) is 21.1. The fourth-order valence-electron chi connectivity index (χ4n) is 2.17. The highest BCUT2D eigenvalue weighted by atomic mass is 79.9. The van der Waals surface area contributed by atoms with Crippen LogP contribution >= 0.6 is 15.9 Å². The Balaban J connectivity index is 2.74. The quantitative estimate of drug-likeness (QED) is 0.603. The van der Waals surface area contributed by atoms with Crippen LogP contribution in [0.4, 0.5) is 0 Å². The van der Waals surface area contributed by atoms with E-state index in [1.807, 2.05) is 13.8 Å². The van der Waals surface area contributed by atoms with E-state index in [4.69, 9.17) is 0 Å². The molecule has 1 aromatic carbocycles. The summed E-state index contributed by atoms with van der Waals surface area (Å²) >= 11 is 3.28. The lowest BCUT2D eigenvalue weighted by Gasteiger charge is -2.21. The lowest BCUT2D eigenvalue weighted by molar-refractivity contribution is -0.123. The molecule has 1 rings (SSSR count). The molecular formula is C17H27BrN2O3S. The van der Waals surface area contributed by atoms with Crippen molar-refractivity contribution in [3.63, 3.8) is 0 Å². The van der Waals surface area contributed by atoms with Crippen molar-refractivity contribution in [3.05, 3.63) is 28.7 Å². The van der Waals surface area contributed by atoms with Crippen molar-refractivity contribution in [2.45, 2.75) is 51.5 Å². The molecular weight excluding hydrogens is 392 g/mol. The average Bonchev–Trinajstić information content (AvgIpc) is 2.49. The van der Waals surface area contributed by atoms with Gasteiger partial charge in [-0.1, -0.05) is 43.6 Å². The maximum absolute atomic E-state index is 12.5. The topological polar surface area (TPSA) is 75.3 Å². The van der Waals surface area contributed by atoms with E-state index in [2.05, 4.69) is 39.8 Å². The molecule has 1 atom stereocenters. The number of benzene rings is 1. The fourth-order valence-corrected chi connectivity index (χ4v) is 3.78. The number of sulfonamides is 1. The van der Waals surface area contributed by atoms with Crippen LogP contribution in [0.1, 0.15) is 40.5 Å². The van der Waals surface area contributed by atoms with Crippen molar-refractivity contribution >= 4 is 31.9 Å². The second kappa shape index (κ2) is 9.53. The fraction of sp³-hybridized carbons (Fsp3) is 0.588. The standard InChI is InChI=1S/C17H27BrN2O3S/c1-12(2)6-5-11-19-17(21)16(13(3)4)20-24(22,23)15-9-7-14(18)8-10-15/h7-10,12-13,16,20H,5-6,11H2,1-4H3,(H,19,21)/t16-/m0/s1. The third kappa shape index (κ3) is 6.91. The molecule has 0 radical (unpaired) electrons. The van der Waals surface area contributed by atoms with Gasteiger partial charge in [-0.3, -0.25) is 4.79 Å². The van der Waals surface area contributed by atoms with Crippen LogP contribution in [-0.4, -0.2) is 26.9 Å². The largest absolute Gasteiger partial charge is 0.355 e. The number of halogens is 1. The first-order valence-electron chi connectivity index (χ1n) is 8.19. The number of carbonyl (C=O) groups is 1. The Morgan fingerprint density at radius 2 is 1.71 bits per heavy atom. The molecule has 0 spiro atoms. The molecule has 0 fully saturated rings. The second-order valence-electron chi connectivity index (χ2n) is 6.62. The molecule has 24 heavy (non-hydrogen) atoms. The summed E-state index contributed by atoms with van der Waals surface area (Å²) in [4.78, 5) is 12.5. The Kier molecular flexibility index (Phi) is 8.39. The predicted molar refractivity (Wildman–Crippen MR) is 100 cm³/mol. The first-order valence-corrected chi connectivity index (χ1v) is 10.5. The summed E-state index contributed by atoms with van der Waals surface area (Å²) in [6, 6.07) is 5.53. The van der Waals surface area contributed by atoms with Gasteiger partial charge in [-0.15, -0.1) is 0 Å². The Morgan fingerprint density at radius 3 is 2.21 bits per heavy atom. The number of hydrogen-bond donors (Lipinski definition) is 2. The number of rotatable bonds is 9. The van der Waals surface area contributed by atoms with E-state index in [0.717, 1.165) is 17.3 Å². The molecule has 1 amide bonds. The van der Waals surface area contributed by atoms with Crippen molar-refractivity contribution in [2.75, 3.05) is 6.54 Å². The zero-order valence-electron chi connectivity index (χ0n) is 14.7. The van der Waals surface area contributed by atoms with Crippen LogP contribution in [0.15, 0.2) is 33.6 Å². The van der Waals surface area contributed by atoms with Crippen molar-refractivity contribution in [1.82, 2.24) is 10.0 Å². The summed E-state index contributed by atoms with van der Waals surface area (Å²) in [6.07, 6.45) is 1.91. The van der Waals surface area contributed by atoms with Gasteiger partial charge in [0, 0.05) is 11.0 Å². The molecule has 5 nitrogen and oxygen atoms in total. The van der Waals surface area contributed by atoms with Crippen molar-refractivity contribution in [1.29, 1.82) is 0 Å². The molecule has 0 aromatic heterocycles. The highest BCUT2D eigenvalue weighted by Crippen LogP contribution is 2.16. The first-order chi connectivity index (χ1) is 11.1.